The van der Waals surface area contributed by atoms with E-state index in [0.717, 1.165) is 44.2 Å². The maximum absolute atomic E-state index is 13.1. The highest BCUT2D eigenvalue weighted by molar-refractivity contribution is 5.38. The Balaban J connectivity index is 2.16. The Labute approximate surface area is 168 Å². The van der Waals surface area contributed by atoms with Gasteiger partial charge in [0, 0.05) is 18.0 Å². The molecule has 0 radical (unpaired) electrons. The second-order valence-electron chi connectivity index (χ2n) is 7.11. The van der Waals surface area contributed by atoms with E-state index in [1.165, 1.54) is 18.6 Å². The smallest absolute Gasteiger partial charge is 0.428 e. The van der Waals surface area contributed by atoms with Gasteiger partial charge in [-0.2, -0.15) is 17.6 Å². The molecule has 0 amide bonds. The lowest BCUT2D eigenvalue weighted by Crippen LogP contribution is -2.33. The van der Waals surface area contributed by atoms with Crippen LogP contribution in [0.15, 0.2) is 48.8 Å². The van der Waals surface area contributed by atoms with Crippen LogP contribution >= 0.6 is 0 Å². The van der Waals surface area contributed by atoms with E-state index >= 15 is 0 Å². The minimum atomic E-state index is -4.57. The van der Waals surface area contributed by atoms with Crippen molar-refractivity contribution in [2.75, 3.05) is 0 Å². The number of aromatic nitrogens is 1. The number of nitrogens with zero attached hydrogens (tertiary/aromatic N) is 1. The second-order valence-corrected chi connectivity index (χ2v) is 7.11. The van der Waals surface area contributed by atoms with Gasteiger partial charge in [0.25, 0.3) is 0 Å². The minimum absolute atomic E-state index is 0.396. The summed E-state index contributed by atoms with van der Waals surface area (Å²) in [5, 5.41) is 11.4. The predicted molar refractivity (Wildman–Crippen MR) is 103 cm³/mol. The number of ether oxygens (including phenoxy) is 1. The van der Waals surface area contributed by atoms with Crippen molar-refractivity contribution in [2.24, 2.45) is 0 Å². The van der Waals surface area contributed by atoms with Gasteiger partial charge in [-0.1, -0.05) is 57.2 Å². The molecule has 0 saturated heterocycles. The van der Waals surface area contributed by atoms with E-state index in [1.54, 1.807) is 24.5 Å². The SMILES string of the molecule is CCCCCCCCC(O)(c1ccc(OC(F)(F)C(F)F)cc1)c1cccnc1. The van der Waals surface area contributed by atoms with Crippen molar-refractivity contribution in [1.82, 2.24) is 4.98 Å². The van der Waals surface area contributed by atoms with Crippen molar-refractivity contribution in [2.45, 2.75) is 70.0 Å². The first kappa shape index (κ1) is 23.1. The van der Waals surface area contributed by atoms with E-state index in [-0.39, 0.29) is 0 Å². The van der Waals surface area contributed by atoms with Crippen LogP contribution in [0.3, 0.4) is 0 Å². The molecule has 1 aromatic carbocycles. The van der Waals surface area contributed by atoms with Gasteiger partial charge in [-0.15, -0.1) is 0 Å². The quantitative estimate of drug-likeness (QED) is 0.328. The summed E-state index contributed by atoms with van der Waals surface area (Å²) in [6, 6.07) is 8.62. The van der Waals surface area contributed by atoms with Crippen LogP contribution in [-0.2, 0) is 5.60 Å². The summed E-state index contributed by atoms with van der Waals surface area (Å²) in [5.74, 6) is -0.396. The molecule has 0 bridgehead atoms. The fraction of sp³-hybridized carbons (Fsp3) is 0.500. The molecule has 0 aliphatic carbocycles. The second kappa shape index (κ2) is 10.6. The van der Waals surface area contributed by atoms with Gasteiger partial charge in [-0.05, 0) is 36.6 Å². The molecular weight excluding hydrogens is 386 g/mol. The van der Waals surface area contributed by atoms with Crippen molar-refractivity contribution in [3.63, 3.8) is 0 Å². The first-order valence-corrected chi connectivity index (χ1v) is 9.88. The number of pyridine rings is 1. The zero-order chi connectivity index (χ0) is 21.3. The molecule has 3 nitrogen and oxygen atoms in total. The summed E-state index contributed by atoms with van der Waals surface area (Å²) in [5.41, 5.74) is -0.310. The van der Waals surface area contributed by atoms with Gasteiger partial charge < -0.3 is 9.84 Å². The Morgan fingerprint density at radius 2 is 1.62 bits per heavy atom. The molecule has 0 aliphatic heterocycles. The van der Waals surface area contributed by atoms with Gasteiger partial charge in [-0.25, -0.2) is 0 Å². The lowest BCUT2D eigenvalue weighted by molar-refractivity contribution is -0.253. The summed E-state index contributed by atoms with van der Waals surface area (Å²) < 4.78 is 54.9. The standard InChI is InChI=1S/C22H27F4NO2/c1-2-3-4-5-6-7-14-21(28,18-9-8-15-27-16-18)17-10-12-19(13-11-17)29-22(25,26)20(23)24/h8-13,15-16,20,28H,2-7,14H2,1H3. The average Bonchev–Trinajstić information content (AvgIpc) is 2.71. The van der Waals surface area contributed by atoms with Crippen molar-refractivity contribution < 1.29 is 27.4 Å². The van der Waals surface area contributed by atoms with Crippen molar-refractivity contribution >= 4 is 0 Å². The van der Waals surface area contributed by atoms with Gasteiger partial charge in [0.05, 0.1) is 0 Å². The third-order valence-electron chi connectivity index (χ3n) is 4.87. The highest BCUT2D eigenvalue weighted by Crippen LogP contribution is 2.36. The van der Waals surface area contributed by atoms with E-state index in [0.29, 0.717) is 17.5 Å². The van der Waals surface area contributed by atoms with Crippen LogP contribution < -0.4 is 4.74 Å². The van der Waals surface area contributed by atoms with Gasteiger partial charge in [0.2, 0.25) is 0 Å². The van der Waals surface area contributed by atoms with E-state index in [1.807, 2.05) is 0 Å². The van der Waals surface area contributed by atoms with Crippen LogP contribution in [0, 0.1) is 0 Å². The maximum Gasteiger partial charge on any atom is 0.461 e. The number of benzene rings is 1. The summed E-state index contributed by atoms with van der Waals surface area (Å²) in [7, 11) is 0. The zero-order valence-electron chi connectivity index (χ0n) is 16.5. The molecular formula is C22H27F4NO2. The van der Waals surface area contributed by atoms with Gasteiger partial charge in [-0.3, -0.25) is 4.98 Å². The fourth-order valence-electron chi connectivity index (χ4n) is 3.22. The number of unbranched alkanes of at least 4 members (excludes halogenated alkanes) is 5. The Hall–Kier alpha value is -2.15. The first-order chi connectivity index (χ1) is 13.8. The van der Waals surface area contributed by atoms with Crippen molar-refractivity contribution in [3.8, 4) is 5.75 Å². The molecule has 0 fully saturated rings. The molecule has 1 N–H and O–H groups in total. The zero-order valence-corrected chi connectivity index (χ0v) is 16.5. The van der Waals surface area contributed by atoms with E-state index in [2.05, 4.69) is 16.6 Å². The van der Waals surface area contributed by atoms with E-state index in [9.17, 15) is 22.7 Å². The lowest BCUT2D eigenvalue weighted by atomic mass is 9.82. The Bertz CT molecular complexity index is 725. The first-order valence-electron chi connectivity index (χ1n) is 9.88. The molecule has 0 saturated carbocycles. The van der Waals surface area contributed by atoms with Crippen molar-refractivity contribution in [1.29, 1.82) is 0 Å². The molecule has 7 heteroatoms. The molecule has 2 rings (SSSR count). The number of alkyl halides is 4. The number of aliphatic hydroxyl groups is 1. The molecule has 1 heterocycles. The van der Waals surface area contributed by atoms with Crippen LogP contribution in [0.4, 0.5) is 17.6 Å². The molecule has 1 unspecified atom stereocenters. The summed E-state index contributed by atoms with van der Waals surface area (Å²) in [4.78, 5) is 4.06. The Kier molecular flexibility index (Phi) is 8.44. The third-order valence-corrected chi connectivity index (χ3v) is 4.87. The lowest BCUT2D eigenvalue weighted by Gasteiger charge is -2.29. The highest BCUT2D eigenvalue weighted by Gasteiger charge is 2.44. The number of rotatable bonds is 12. The van der Waals surface area contributed by atoms with Gasteiger partial charge in [0.1, 0.15) is 11.4 Å². The Morgan fingerprint density at radius 1 is 0.966 bits per heavy atom. The monoisotopic (exact) mass is 413 g/mol. The number of hydrogen-bond donors (Lipinski definition) is 1. The Morgan fingerprint density at radius 3 is 2.21 bits per heavy atom. The van der Waals surface area contributed by atoms with Crippen LogP contribution in [0.2, 0.25) is 0 Å². The topological polar surface area (TPSA) is 42.4 Å². The van der Waals surface area contributed by atoms with Gasteiger partial charge >= 0.3 is 12.5 Å². The van der Waals surface area contributed by atoms with Crippen molar-refractivity contribution in [3.05, 3.63) is 59.9 Å². The number of hydrogen-bond acceptors (Lipinski definition) is 3. The maximum atomic E-state index is 13.1. The molecule has 1 aromatic heterocycles. The van der Waals surface area contributed by atoms with Crippen LogP contribution in [-0.4, -0.2) is 22.6 Å². The average molecular weight is 413 g/mol. The van der Waals surface area contributed by atoms with Crippen LogP contribution in [0.1, 0.15) is 63.0 Å². The molecule has 160 valence electrons. The third kappa shape index (κ3) is 6.42. The predicted octanol–water partition coefficient (Wildman–Crippen LogP) is 6.30. The molecule has 0 spiro atoms. The summed E-state index contributed by atoms with van der Waals surface area (Å²) in [6.07, 6.45) is 1.38. The van der Waals surface area contributed by atoms with Crippen LogP contribution in [0.25, 0.3) is 0 Å². The highest BCUT2D eigenvalue weighted by atomic mass is 19.3. The molecule has 1 atom stereocenters. The van der Waals surface area contributed by atoms with E-state index in [4.69, 9.17) is 0 Å². The number of halogens is 4. The summed E-state index contributed by atoms with van der Waals surface area (Å²) >= 11 is 0. The molecule has 0 aliphatic rings. The fourth-order valence-corrected chi connectivity index (χ4v) is 3.22. The molecule has 2 aromatic rings. The van der Waals surface area contributed by atoms with E-state index < -0.39 is 23.9 Å². The van der Waals surface area contributed by atoms with Gasteiger partial charge in [0.15, 0.2) is 0 Å². The summed E-state index contributed by atoms with van der Waals surface area (Å²) in [6.45, 7) is 2.14. The largest absolute Gasteiger partial charge is 0.461 e. The normalized spacial score (nSPS) is 14.0. The minimum Gasteiger partial charge on any atom is -0.428 e. The van der Waals surface area contributed by atoms with Crippen LogP contribution in [0.5, 0.6) is 5.75 Å². The molecule has 29 heavy (non-hydrogen) atoms.